The van der Waals surface area contributed by atoms with Crippen LogP contribution in [-0.2, 0) is 11.3 Å². The zero-order chi connectivity index (χ0) is 15.4. The van der Waals surface area contributed by atoms with Crippen LogP contribution in [0.4, 0.5) is 0 Å². The standard InChI is InChI=1S/C14H24N6O2/c1-11-17-13(22-18-11)9-16-14(15-2)20-4-3-12(10-20)19-5-7-21-8-6-19/h12H,3-10H2,1-2H3,(H,15,16). The monoisotopic (exact) mass is 308 g/mol. The van der Waals surface area contributed by atoms with Crippen LogP contribution in [0.25, 0.3) is 0 Å². The summed E-state index contributed by atoms with van der Waals surface area (Å²) in [6, 6.07) is 0.591. The summed E-state index contributed by atoms with van der Waals surface area (Å²) in [6.07, 6.45) is 1.17. The lowest BCUT2D eigenvalue weighted by Crippen LogP contribution is -2.46. The van der Waals surface area contributed by atoms with Gasteiger partial charge in [0.25, 0.3) is 0 Å². The molecule has 0 aliphatic carbocycles. The lowest BCUT2D eigenvalue weighted by molar-refractivity contribution is 0.0195. The number of guanidine groups is 1. The maximum Gasteiger partial charge on any atom is 0.246 e. The maximum atomic E-state index is 5.43. The highest BCUT2D eigenvalue weighted by molar-refractivity contribution is 5.80. The Kier molecular flexibility index (Phi) is 4.89. The molecule has 3 rings (SSSR count). The van der Waals surface area contributed by atoms with E-state index in [-0.39, 0.29) is 0 Å². The SMILES string of the molecule is CN=C(NCc1nc(C)no1)N1CCC(N2CCOCC2)C1. The lowest BCUT2D eigenvalue weighted by atomic mass is 10.2. The van der Waals surface area contributed by atoms with E-state index in [1.165, 1.54) is 6.42 Å². The lowest BCUT2D eigenvalue weighted by Gasteiger charge is -2.32. The minimum Gasteiger partial charge on any atom is -0.379 e. The number of hydrogen-bond acceptors (Lipinski definition) is 6. The van der Waals surface area contributed by atoms with E-state index in [0.29, 0.717) is 24.3 Å². The third kappa shape index (κ3) is 3.56. The van der Waals surface area contributed by atoms with Crippen molar-refractivity contribution < 1.29 is 9.26 Å². The molecule has 0 amide bonds. The number of rotatable bonds is 3. The molecule has 1 N–H and O–H groups in total. The molecule has 2 aliphatic rings. The van der Waals surface area contributed by atoms with E-state index in [1.54, 1.807) is 0 Å². The Morgan fingerprint density at radius 2 is 2.18 bits per heavy atom. The summed E-state index contributed by atoms with van der Waals surface area (Å²) >= 11 is 0. The van der Waals surface area contributed by atoms with Crippen molar-refractivity contribution in [2.75, 3.05) is 46.4 Å². The quantitative estimate of drug-likeness (QED) is 0.615. The van der Waals surface area contributed by atoms with Crippen molar-refractivity contribution in [1.29, 1.82) is 0 Å². The molecule has 1 unspecified atom stereocenters. The molecule has 0 spiro atoms. The maximum absolute atomic E-state index is 5.43. The average molecular weight is 308 g/mol. The van der Waals surface area contributed by atoms with Crippen molar-refractivity contribution in [1.82, 2.24) is 25.3 Å². The second-order valence-electron chi connectivity index (χ2n) is 5.67. The fraction of sp³-hybridized carbons (Fsp3) is 0.786. The predicted octanol–water partition coefficient (Wildman–Crippen LogP) is -0.140. The van der Waals surface area contributed by atoms with E-state index >= 15 is 0 Å². The van der Waals surface area contributed by atoms with Crippen LogP contribution in [0.5, 0.6) is 0 Å². The van der Waals surface area contributed by atoms with Gasteiger partial charge in [-0.15, -0.1) is 0 Å². The van der Waals surface area contributed by atoms with Gasteiger partial charge in [-0.2, -0.15) is 4.98 Å². The smallest absolute Gasteiger partial charge is 0.246 e. The average Bonchev–Trinajstić information content (AvgIpc) is 3.18. The fourth-order valence-corrected chi connectivity index (χ4v) is 3.07. The van der Waals surface area contributed by atoms with Gasteiger partial charge in [-0.3, -0.25) is 9.89 Å². The zero-order valence-electron chi connectivity index (χ0n) is 13.3. The second-order valence-corrected chi connectivity index (χ2v) is 5.67. The summed E-state index contributed by atoms with van der Waals surface area (Å²) in [5.41, 5.74) is 0. The van der Waals surface area contributed by atoms with Crippen LogP contribution in [0.2, 0.25) is 0 Å². The Hall–Kier alpha value is -1.67. The molecule has 3 heterocycles. The van der Waals surface area contributed by atoms with E-state index in [4.69, 9.17) is 9.26 Å². The van der Waals surface area contributed by atoms with Crippen molar-refractivity contribution in [3.63, 3.8) is 0 Å². The first-order valence-corrected chi connectivity index (χ1v) is 7.83. The molecule has 2 fully saturated rings. The second kappa shape index (κ2) is 7.06. The number of aryl methyl sites for hydroxylation is 1. The van der Waals surface area contributed by atoms with E-state index in [1.807, 2.05) is 14.0 Å². The molecule has 2 aliphatic heterocycles. The van der Waals surface area contributed by atoms with E-state index in [9.17, 15) is 0 Å². The van der Waals surface area contributed by atoms with Crippen LogP contribution in [0, 0.1) is 6.92 Å². The number of nitrogens with one attached hydrogen (secondary N) is 1. The number of likely N-dealkylation sites (tertiary alicyclic amines) is 1. The molecule has 0 radical (unpaired) electrons. The number of aromatic nitrogens is 2. The molecule has 122 valence electrons. The van der Waals surface area contributed by atoms with Gasteiger partial charge in [-0.1, -0.05) is 5.16 Å². The van der Waals surface area contributed by atoms with Gasteiger partial charge in [-0.25, -0.2) is 0 Å². The number of ether oxygens (including phenoxy) is 1. The van der Waals surface area contributed by atoms with Gasteiger partial charge in [0.2, 0.25) is 5.89 Å². The van der Waals surface area contributed by atoms with Gasteiger partial charge in [0.05, 0.1) is 19.8 Å². The molecule has 1 atom stereocenters. The Bertz CT molecular complexity index is 511. The summed E-state index contributed by atoms with van der Waals surface area (Å²) < 4.78 is 10.5. The third-order valence-electron chi connectivity index (χ3n) is 4.20. The van der Waals surface area contributed by atoms with Crippen LogP contribution in [-0.4, -0.2) is 78.4 Å². The molecular weight excluding hydrogens is 284 g/mol. The van der Waals surface area contributed by atoms with Crippen molar-refractivity contribution in [2.24, 2.45) is 4.99 Å². The minimum atomic E-state index is 0.506. The molecule has 2 saturated heterocycles. The predicted molar refractivity (Wildman–Crippen MR) is 81.6 cm³/mol. The van der Waals surface area contributed by atoms with Gasteiger partial charge in [0.15, 0.2) is 11.8 Å². The number of hydrogen-bond donors (Lipinski definition) is 1. The number of nitrogens with zero attached hydrogens (tertiary/aromatic N) is 5. The third-order valence-corrected chi connectivity index (χ3v) is 4.20. The summed E-state index contributed by atoms with van der Waals surface area (Å²) in [6.45, 7) is 8.10. The molecule has 0 aromatic carbocycles. The summed E-state index contributed by atoms with van der Waals surface area (Å²) in [4.78, 5) is 13.4. The Morgan fingerprint density at radius 1 is 1.36 bits per heavy atom. The summed E-state index contributed by atoms with van der Waals surface area (Å²) in [5, 5.41) is 7.09. The van der Waals surface area contributed by atoms with Crippen LogP contribution < -0.4 is 5.32 Å². The minimum absolute atomic E-state index is 0.506. The Labute approximate surface area is 130 Å². The first-order chi connectivity index (χ1) is 10.8. The first-order valence-electron chi connectivity index (χ1n) is 7.83. The van der Waals surface area contributed by atoms with E-state index in [0.717, 1.165) is 45.4 Å². The molecule has 0 bridgehead atoms. The Morgan fingerprint density at radius 3 is 2.86 bits per heavy atom. The van der Waals surface area contributed by atoms with Crippen molar-refractivity contribution in [2.45, 2.75) is 25.9 Å². The van der Waals surface area contributed by atoms with Gasteiger partial charge < -0.3 is 19.5 Å². The van der Waals surface area contributed by atoms with Crippen molar-refractivity contribution >= 4 is 5.96 Å². The highest BCUT2D eigenvalue weighted by atomic mass is 16.5. The van der Waals surface area contributed by atoms with Gasteiger partial charge in [0.1, 0.15) is 0 Å². The highest BCUT2D eigenvalue weighted by Gasteiger charge is 2.30. The molecule has 22 heavy (non-hydrogen) atoms. The zero-order valence-corrected chi connectivity index (χ0v) is 13.3. The molecule has 8 heteroatoms. The number of aliphatic imine (C=N–C) groups is 1. The Balaban J connectivity index is 1.51. The van der Waals surface area contributed by atoms with Crippen LogP contribution in [0.1, 0.15) is 18.1 Å². The molecular formula is C14H24N6O2. The van der Waals surface area contributed by atoms with Gasteiger partial charge in [0, 0.05) is 39.3 Å². The summed E-state index contributed by atoms with van der Waals surface area (Å²) in [5.74, 6) is 2.13. The van der Waals surface area contributed by atoms with Gasteiger partial charge in [-0.05, 0) is 13.3 Å². The van der Waals surface area contributed by atoms with Crippen LogP contribution >= 0.6 is 0 Å². The molecule has 1 aromatic heterocycles. The largest absolute Gasteiger partial charge is 0.379 e. The van der Waals surface area contributed by atoms with E-state index in [2.05, 4.69) is 30.2 Å². The van der Waals surface area contributed by atoms with E-state index < -0.39 is 0 Å². The topological polar surface area (TPSA) is 79.0 Å². The molecule has 1 aromatic rings. The van der Waals surface area contributed by atoms with Crippen LogP contribution in [0.3, 0.4) is 0 Å². The highest BCUT2D eigenvalue weighted by Crippen LogP contribution is 2.17. The van der Waals surface area contributed by atoms with Gasteiger partial charge >= 0.3 is 0 Å². The van der Waals surface area contributed by atoms with Crippen molar-refractivity contribution in [3.8, 4) is 0 Å². The molecule has 0 saturated carbocycles. The molecule has 8 nitrogen and oxygen atoms in total. The normalized spacial score (nSPS) is 24.0. The number of morpholine rings is 1. The fourth-order valence-electron chi connectivity index (χ4n) is 3.07. The van der Waals surface area contributed by atoms with Crippen LogP contribution in [0.15, 0.2) is 9.52 Å². The first kappa shape index (κ1) is 15.2. The summed E-state index contributed by atoms with van der Waals surface area (Å²) in [7, 11) is 1.81. The van der Waals surface area contributed by atoms with Crippen molar-refractivity contribution in [3.05, 3.63) is 11.7 Å².